The number of nitrogens with zero attached hydrogens (tertiary/aromatic N) is 3. The Morgan fingerprint density at radius 3 is 2.52 bits per heavy atom. The molecule has 1 unspecified atom stereocenters. The molecule has 1 atom stereocenters. The van der Waals surface area contributed by atoms with Crippen molar-refractivity contribution in [3.63, 3.8) is 0 Å². The summed E-state index contributed by atoms with van der Waals surface area (Å²) in [7, 11) is -4.38. The van der Waals surface area contributed by atoms with Crippen molar-refractivity contribution in [1.82, 2.24) is 19.3 Å². The molecule has 176 valence electrons. The number of amides is 1. The van der Waals surface area contributed by atoms with Crippen LogP contribution in [0.4, 0.5) is 13.6 Å². The molecule has 11 heteroatoms. The number of rotatable bonds is 6. The van der Waals surface area contributed by atoms with Gasteiger partial charge in [-0.15, -0.1) is 0 Å². The van der Waals surface area contributed by atoms with Crippen molar-refractivity contribution in [2.75, 3.05) is 0 Å². The van der Waals surface area contributed by atoms with E-state index in [1.807, 2.05) is 0 Å². The Hall–Kier alpha value is -3.34. The molecule has 0 bridgehead atoms. The Morgan fingerprint density at radius 2 is 1.94 bits per heavy atom. The number of pyridine rings is 2. The molecule has 0 aliphatic rings. The molecule has 3 heterocycles. The molecule has 2 N–H and O–H groups in total. The first-order valence-corrected chi connectivity index (χ1v) is 11.4. The molecule has 0 aliphatic heterocycles. The smallest absolute Gasteiger partial charge is 0.404 e. The Labute approximate surface area is 190 Å². The second kappa shape index (κ2) is 8.89. The zero-order valence-corrected chi connectivity index (χ0v) is 19.3. The second-order valence-electron chi connectivity index (χ2n) is 8.67. The van der Waals surface area contributed by atoms with Gasteiger partial charge in [0.05, 0.1) is 5.56 Å². The van der Waals surface area contributed by atoms with E-state index in [0.717, 1.165) is 18.6 Å². The highest BCUT2D eigenvalue weighted by Gasteiger charge is 2.33. The minimum atomic E-state index is -4.38. The van der Waals surface area contributed by atoms with Gasteiger partial charge >= 0.3 is 6.09 Å². The lowest BCUT2D eigenvalue weighted by atomic mass is 9.83. The third-order valence-corrected chi connectivity index (χ3v) is 7.08. The zero-order valence-electron chi connectivity index (χ0n) is 18.5. The maximum absolute atomic E-state index is 15.7. The molecule has 0 saturated carbocycles. The fourth-order valence-electron chi connectivity index (χ4n) is 3.41. The standard InChI is InChI=1S/C22H24F2N4O4S/c1-13-7-9-25-11-16(13)33(31,32)28-12-14(10-17(22(2,3)4)27-21(29)30)18(23)19(28)15-6-5-8-26-20(15)24/h5-9,11-12,17,27H,10H2,1-4H3,(H,29,30). The molecule has 0 aliphatic carbocycles. The fraction of sp³-hybridized carbons (Fsp3) is 0.318. The van der Waals surface area contributed by atoms with Gasteiger partial charge in [0.15, 0.2) is 5.82 Å². The number of aromatic nitrogens is 3. The van der Waals surface area contributed by atoms with Crippen LogP contribution in [-0.4, -0.2) is 39.6 Å². The molecule has 1 amide bonds. The predicted molar refractivity (Wildman–Crippen MR) is 117 cm³/mol. The summed E-state index contributed by atoms with van der Waals surface area (Å²) in [5.74, 6) is -2.02. The summed E-state index contributed by atoms with van der Waals surface area (Å²) in [6.07, 6.45) is 3.31. The average molecular weight is 479 g/mol. The topological polar surface area (TPSA) is 114 Å². The normalized spacial score (nSPS) is 13.0. The lowest BCUT2D eigenvalue weighted by Crippen LogP contribution is -2.44. The van der Waals surface area contributed by atoms with Gasteiger partial charge in [-0.05, 0) is 42.5 Å². The molecule has 33 heavy (non-hydrogen) atoms. The molecule has 3 aromatic heterocycles. The largest absolute Gasteiger partial charge is 0.465 e. The number of nitrogens with one attached hydrogen (secondary N) is 1. The molecular weight excluding hydrogens is 454 g/mol. The number of hydrogen-bond donors (Lipinski definition) is 2. The van der Waals surface area contributed by atoms with Crippen LogP contribution in [0.3, 0.4) is 0 Å². The third kappa shape index (κ3) is 4.87. The fourth-order valence-corrected chi connectivity index (χ4v) is 4.98. The molecule has 8 nitrogen and oxygen atoms in total. The van der Waals surface area contributed by atoms with E-state index in [9.17, 15) is 22.7 Å². The van der Waals surface area contributed by atoms with Crippen molar-refractivity contribution in [1.29, 1.82) is 0 Å². The monoisotopic (exact) mass is 478 g/mol. The van der Waals surface area contributed by atoms with E-state index in [2.05, 4.69) is 15.3 Å². The summed E-state index contributed by atoms with van der Waals surface area (Å²) >= 11 is 0. The lowest BCUT2D eigenvalue weighted by molar-refractivity contribution is 0.174. The molecule has 0 spiro atoms. The van der Waals surface area contributed by atoms with Crippen molar-refractivity contribution in [2.24, 2.45) is 5.41 Å². The summed E-state index contributed by atoms with van der Waals surface area (Å²) in [6, 6.07) is 3.32. The minimum Gasteiger partial charge on any atom is -0.465 e. The Morgan fingerprint density at radius 1 is 1.24 bits per heavy atom. The zero-order chi connectivity index (χ0) is 24.6. The van der Waals surface area contributed by atoms with E-state index >= 15 is 4.39 Å². The average Bonchev–Trinajstić information content (AvgIpc) is 3.04. The molecule has 3 aromatic rings. The molecule has 3 rings (SSSR count). The van der Waals surface area contributed by atoms with Crippen molar-refractivity contribution >= 4 is 16.1 Å². The van der Waals surface area contributed by atoms with Gasteiger partial charge in [0.25, 0.3) is 10.0 Å². The van der Waals surface area contributed by atoms with Crippen LogP contribution in [-0.2, 0) is 16.4 Å². The molecule has 0 fully saturated rings. The van der Waals surface area contributed by atoms with Crippen LogP contribution < -0.4 is 5.32 Å². The van der Waals surface area contributed by atoms with Crippen molar-refractivity contribution in [2.45, 2.75) is 45.1 Å². The van der Waals surface area contributed by atoms with Gasteiger partial charge in [0, 0.05) is 36.4 Å². The first-order chi connectivity index (χ1) is 15.3. The highest BCUT2D eigenvalue weighted by Crippen LogP contribution is 2.34. The van der Waals surface area contributed by atoms with Gasteiger partial charge in [-0.3, -0.25) is 4.98 Å². The Kier molecular flexibility index (Phi) is 6.55. The number of halogens is 2. The number of carbonyl (C=O) groups is 1. The Balaban J connectivity index is 2.26. The number of hydrogen-bond acceptors (Lipinski definition) is 5. The first kappa shape index (κ1) is 24.3. The third-order valence-electron chi connectivity index (χ3n) is 5.29. The van der Waals surface area contributed by atoms with E-state index in [4.69, 9.17) is 0 Å². The predicted octanol–water partition coefficient (Wildman–Crippen LogP) is 3.99. The van der Waals surface area contributed by atoms with Gasteiger partial charge in [-0.2, -0.15) is 4.39 Å². The minimum absolute atomic E-state index is 0.0907. The van der Waals surface area contributed by atoms with E-state index in [0.29, 0.717) is 9.54 Å². The van der Waals surface area contributed by atoms with Crippen LogP contribution in [0.5, 0.6) is 0 Å². The lowest BCUT2D eigenvalue weighted by Gasteiger charge is -2.30. The van der Waals surface area contributed by atoms with Gasteiger partial charge in [-0.1, -0.05) is 20.8 Å². The van der Waals surface area contributed by atoms with Gasteiger partial charge in [0.2, 0.25) is 5.95 Å². The number of aryl methyl sites for hydroxylation is 1. The highest BCUT2D eigenvalue weighted by atomic mass is 32.2. The second-order valence-corrected chi connectivity index (χ2v) is 10.5. The van der Waals surface area contributed by atoms with E-state index in [1.54, 1.807) is 27.7 Å². The van der Waals surface area contributed by atoms with E-state index < -0.39 is 45.0 Å². The maximum Gasteiger partial charge on any atom is 0.404 e. The summed E-state index contributed by atoms with van der Waals surface area (Å²) in [4.78, 5) is 18.5. The first-order valence-electron chi connectivity index (χ1n) is 10.00. The van der Waals surface area contributed by atoms with E-state index in [1.165, 1.54) is 24.4 Å². The maximum atomic E-state index is 15.7. The van der Waals surface area contributed by atoms with Crippen molar-refractivity contribution < 1.29 is 27.1 Å². The number of carboxylic acid groups (broad SMARTS) is 1. The van der Waals surface area contributed by atoms with Crippen LogP contribution >= 0.6 is 0 Å². The summed E-state index contributed by atoms with van der Waals surface area (Å²) in [5.41, 5.74) is -1.21. The quantitative estimate of drug-likeness (QED) is 0.518. The van der Waals surface area contributed by atoms with Crippen molar-refractivity contribution in [3.8, 4) is 11.3 Å². The van der Waals surface area contributed by atoms with Gasteiger partial charge < -0.3 is 10.4 Å². The van der Waals surface area contributed by atoms with Crippen LogP contribution in [0.2, 0.25) is 0 Å². The van der Waals surface area contributed by atoms with Crippen molar-refractivity contribution in [3.05, 3.63) is 65.9 Å². The van der Waals surface area contributed by atoms with Gasteiger partial charge in [-0.25, -0.2) is 26.6 Å². The van der Waals surface area contributed by atoms with Crippen LogP contribution in [0.15, 0.2) is 47.9 Å². The summed E-state index contributed by atoms with van der Waals surface area (Å²) in [5, 5.41) is 11.6. The highest BCUT2D eigenvalue weighted by molar-refractivity contribution is 7.90. The molecule has 0 radical (unpaired) electrons. The van der Waals surface area contributed by atoms with Crippen LogP contribution in [0.25, 0.3) is 11.3 Å². The van der Waals surface area contributed by atoms with Crippen LogP contribution in [0, 0.1) is 24.1 Å². The van der Waals surface area contributed by atoms with Crippen LogP contribution in [0.1, 0.15) is 31.9 Å². The van der Waals surface area contributed by atoms with Gasteiger partial charge in [0.1, 0.15) is 10.6 Å². The SMILES string of the molecule is Cc1ccncc1S(=O)(=O)n1cc(CC(NC(=O)O)C(C)(C)C)c(F)c1-c1cccnc1F. The molecule has 0 saturated heterocycles. The van der Waals surface area contributed by atoms with E-state index in [-0.39, 0.29) is 22.4 Å². The molecule has 0 aromatic carbocycles. The Bertz CT molecular complexity index is 1300. The molecular formula is C22H24F2N4O4S. The summed E-state index contributed by atoms with van der Waals surface area (Å²) in [6.45, 7) is 6.85. The summed E-state index contributed by atoms with van der Waals surface area (Å²) < 4.78 is 57.9.